The first-order chi connectivity index (χ1) is 17.0. The standard InChI is InChI=1S/C27H27N5O2S/c1-17-31-24(19-7-3-2-4-8-19)25(35-17)27(34)32-16-20(28)12-13-21(32)15-30-26(33)22-11-5-9-18-10-6-14-29-23(18)22/h2-11,14,20-21H,12-13,15-16,28H2,1H3,(H,30,33). The van der Waals surface area contributed by atoms with Crippen molar-refractivity contribution in [2.24, 2.45) is 5.73 Å². The number of piperidine rings is 1. The van der Waals surface area contributed by atoms with Gasteiger partial charge in [0.2, 0.25) is 0 Å². The molecule has 4 aromatic rings. The summed E-state index contributed by atoms with van der Waals surface area (Å²) >= 11 is 1.40. The normalized spacial score (nSPS) is 17.9. The lowest BCUT2D eigenvalue weighted by Gasteiger charge is -2.38. The summed E-state index contributed by atoms with van der Waals surface area (Å²) in [6.07, 6.45) is 3.20. The van der Waals surface area contributed by atoms with Crippen molar-refractivity contribution in [3.8, 4) is 11.3 Å². The molecule has 1 fully saturated rings. The zero-order chi connectivity index (χ0) is 24.4. The van der Waals surface area contributed by atoms with E-state index in [1.54, 1.807) is 12.3 Å². The van der Waals surface area contributed by atoms with Gasteiger partial charge in [0.15, 0.2) is 0 Å². The third-order valence-electron chi connectivity index (χ3n) is 6.35. The number of para-hydroxylation sites is 1. The fourth-order valence-electron chi connectivity index (χ4n) is 4.60. The summed E-state index contributed by atoms with van der Waals surface area (Å²) in [5, 5.41) is 4.78. The maximum Gasteiger partial charge on any atom is 0.266 e. The van der Waals surface area contributed by atoms with Gasteiger partial charge in [-0.25, -0.2) is 4.98 Å². The number of aromatic nitrogens is 2. The first-order valence-electron chi connectivity index (χ1n) is 11.7. The molecule has 2 atom stereocenters. The molecule has 2 aromatic heterocycles. The first-order valence-corrected chi connectivity index (χ1v) is 12.5. The summed E-state index contributed by atoms with van der Waals surface area (Å²) in [5.41, 5.74) is 9.06. The molecule has 0 bridgehead atoms. The van der Waals surface area contributed by atoms with Crippen LogP contribution in [-0.4, -0.2) is 51.9 Å². The maximum atomic E-state index is 13.8. The van der Waals surface area contributed by atoms with Crippen molar-refractivity contribution in [3.63, 3.8) is 0 Å². The van der Waals surface area contributed by atoms with Crippen molar-refractivity contribution in [2.75, 3.05) is 13.1 Å². The van der Waals surface area contributed by atoms with E-state index in [2.05, 4.69) is 15.3 Å². The number of likely N-dealkylation sites (tertiary alicyclic amines) is 1. The van der Waals surface area contributed by atoms with Gasteiger partial charge in [-0.3, -0.25) is 14.6 Å². The van der Waals surface area contributed by atoms with Gasteiger partial charge < -0.3 is 16.0 Å². The lowest BCUT2D eigenvalue weighted by atomic mass is 9.97. The van der Waals surface area contributed by atoms with Crippen LogP contribution in [0.4, 0.5) is 0 Å². The number of nitrogens with zero attached hydrogens (tertiary/aromatic N) is 3. The number of nitrogens with two attached hydrogens (primary N) is 1. The maximum absolute atomic E-state index is 13.8. The Hall–Kier alpha value is -3.62. The number of nitrogens with one attached hydrogen (secondary N) is 1. The van der Waals surface area contributed by atoms with Crippen LogP contribution >= 0.6 is 11.3 Å². The van der Waals surface area contributed by atoms with Crippen LogP contribution < -0.4 is 11.1 Å². The number of thiazole rings is 1. The molecule has 35 heavy (non-hydrogen) atoms. The van der Waals surface area contributed by atoms with Gasteiger partial charge in [0, 0.05) is 42.3 Å². The summed E-state index contributed by atoms with van der Waals surface area (Å²) in [6.45, 7) is 2.70. The minimum Gasteiger partial charge on any atom is -0.350 e. The van der Waals surface area contributed by atoms with E-state index >= 15 is 0 Å². The van der Waals surface area contributed by atoms with E-state index in [4.69, 9.17) is 5.73 Å². The zero-order valence-corrected chi connectivity index (χ0v) is 20.3. The number of hydrogen-bond acceptors (Lipinski definition) is 6. The highest BCUT2D eigenvalue weighted by atomic mass is 32.1. The largest absolute Gasteiger partial charge is 0.350 e. The Balaban J connectivity index is 1.37. The van der Waals surface area contributed by atoms with Crippen molar-refractivity contribution in [2.45, 2.75) is 31.8 Å². The minimum atomic E-state index is -0.199. The van der Waals surface area contributed by atoms with Gasteiger partial charge in [0.25, 0.3) is 11.8 Å². The second-order valence-corrected chi connectivity index (χ2v) is 10.0. The van der Waals surface area contributed by atoms with Crippen LogP contribution in [0.1, 0.15) is 37.9 Å². The summed E-state index contributed by atoms with van der Waals surface area (Å²) in [7, 11) is 0. The topological polar surface area (TPSA) is 101 Å². The minimum absolute atomic E-state index is 0.0873. The molecule has 7 nitrogen and oxygen atoms in total. The van der Waals surface area contributed by atoms with Gasteiger partial charge in [-0.1, -0.05) is 48.5 Å². The number of fused-ring (bicyclic) bond motifs is 1. The number of pyridine rings is 1. The molecule has 0 aliphatic carbocycles. The van der Waals surface area contributed by atoms with Crippen LogP contribution in [-0.2, 0) is 0 Å². The lowest BCUT2D eigenvalue weighted by molar-refractivity contribution is 0.0584. The Morgan fingerprint density at radius 1 is 1.09 bits per heavy atom. The molecule has 2 unspecified atom stereocenters. The fourth-order valence-corrected chi connectivity index (χ4v) is 5.50. The molecule has 3 heterocycles. The Morgan fingerprint density at radius 2 is 1.89 bits per heavy atom. The zero-order valence-electron chi connectivity index (χ0n) is 19.5. The number of carbonyl (C=O) groups is 2. The summed E-state index contributed by atoms with van der Waals surface area (Å²) in [4.78, 5) is 38.3. The van der Waals surface area contributed by atoms with E-state index in [0.717, 1.165) is 28.8 Å². The van der Waals surface area contributed by atoms with E-state index in [0.29, 0.717) is 34.7 Å². The molecule has 3 N–H and O–H groups in total. The van der Waals surface area contributed by atoms with Gasteiger partial charge in [-0.15, -0.1) is 11.3 Å². The molecular formula is C27H27N5O2S. The van der Waals surface area contributed by atoms with E-state index < -0.39 is 0 Å². The van der Waals surface area contributed by atoms with Crippen LogP contribution in [0.25, 0.3) is 22.2 Å². The third kappa shape index (κ3) is 4.80. The Labute approximate surface area is 208 Å². The lowest BCUT2D eigenvalue weighted by Crippen LogP contribution is -2.54. The average Bonchev–Trinajstić information content (AvgIpc) is 3.29. The number of hydrogen-bond donors (Lipinski definition) is 2. The van der Waals surface area contributed by atoms with Crippen LogP contribution in [0.5, 0.6) is 0 Å². The summed E-state index contributed by atoms with van der Waals surface area (Å²) in [5.74, 6) is -0.286. The smallest absolute Gasteiger partial charge is 0.266 e. The Kier molecular flexibility index (Phi) is 6.57. The third-order valence-corrected chi connectivity index (χ3v) is 7.31. The van der Waals surface area contributed by atoms with Gasteiger partial charge in [0.1, 0.15) is 4.88 Å². The molecular weight excluding hydrogens is 458 g/mol. The highest BCUT2D eigenvalue weighted by molar-refractivity contribution is 7.14. The van der Waals surface area contributed by atoms with Gasteiger partial charge in [-0.2, -0.15) is 0 Å². The highest BCUT2D eigenvalue weighted by Crippen LogP contribution is 2.31. The molecule has 178 valence electrons. The van der Waals surface area contributed by atoms with Gasteiger partial charge in [0.05, 0.1) is 21.8 Å². The number of aryl methyl sites for hydroxylation is 1. The molecule has 1 aliphatic rings. The quantitative estimate of drug-likeness (QED) is 0.445. The van der Waals surface area contributed by atoms with Crippen molar-refractivity contribution in [1.29, 1.82) is 0 Å². The van der Waals surface area contributed by atoms with Crippen molar-refractivity contribution < 1.29 is 9.59 Å². The molecule has 2 amide bonds. The molecule has 1 aliphatic heterocycles. The Bertz CT molecular complexity index is 1370. The van der Waals surface area contributed by atoms with E-state index in [-0.39, 0.29) is 23.9 Å². The number of benzene rings is 2. The predicted molar refractivity (Wildman–Crippen MR) is 138 cm³/mol. The second-order valence-electron chi connectivity index (χ2n) is 8.82. The van der Waals surface area contributed by atoms with Crippen molar-refractivity contribution in [3.05, 3.63) is 82.3 Å². The molecule has 1 saturated heterocycles. The van der Waals surface area contributed by atoms with Gasteiger partial charge in [-0.05, 0) is 31.9 Å². The van der Waals surface area contributed by atoms with Crippen LogP contribution in [0, 0.1) is 6.92 Å². The predicted octanol–water partition coefficient (Wildman–Crippen LogP) is 4.03. The first kappa shape index (κ1) is 23.1. The van der Waals surface area contributed by atoms with Crippen LogP contribution in [0.15, 0.2) is 66.9 Å². The molecule has 0 radical (unpaired) electrons. The summed E-state index contributed by atoms with van der Waals surface area (Å²) < 4.78 is 0. The average molecular weight is 486 g/mol. The SMILES string of the molecule is Cc1nc(-c2ccccc2)c(C(=O)N2CC(N)CCC2CNC(=O)c2cccc3cccnc23)s1. The van der Waals surface area contributed by atoms with E-state index in [1.807, 2.05) is 66.4 Å². The van der Waals surface area contributed by atoms with Crippen LogP contribution in [0.2, 0.25) is 0 Å². The monoisotopic (exact) mass is 485 g/mol. The second kappa shape index (κ2) is 9.93. The van der Waals surface area contributed by atoms with Crippen molar-refractivity contribution >= 4 is 34.1 Å². The highest BCUT2D eigenvalue weighted by Gasteiger charge is 2.33. The van der Waals surface area contributed by atoms with E-state index in [1.165, 1.54) is 11.3 Å². The van der Waals surface area contributed by atoms with Gasteiger partial charge >= 0.3 is 0 Å². The number of amides is 2. The number of carbonyl (C=O) groups excluding carboxylic acids is 2. The molecule has 2 aromatic carbocycles. The molecule has 0 saturated carbocycles. The number of rotatable bonds is 5. The fraction of sp³-hybridized carbons (Fsp3) is 0.259. The molecule has 0 spiro atoms. The van der Waals surface area contributed by atoms with E-state index in [9.17, 15) is 9.59 Å². The van der Waals surface area contributed by atoms with Crippen LogP contribution in [0.3, 0.4) is 0 Å². The molecule has 8 heteroatoms. The molecule has 5 rings (SSSR count). The summed E-state index contributed by atoms with van der Waals surface area (Å²) in [6, 6.07) is 18.8. The Morgan fingerprint density at radius 3 is 2.71 bits per heavy atom. The van der Waals surface area contributed by atoms with Crippen molar-refractivity contribution in [1.82, 2.24) is 20.2 Å².